The first-order chi connectivity index (χ1) is 23.5. The summed E-state index contributed by atoms with van der Waals surface area (Å²) in [5.74, 6) is 0.258. The number of hydrogen-bond acceptors (Lipinski definition) is 8. The maximum absolute atomic E-state index is 13.0. The van der Waals surface area contributed by atoms with E-state index in [1.807, 2.05) is 47.2 Å². The van der Waals surface area contributed by atoms with Crippen LogP contribution in [0.4, 0.5) is 16.2 Å². The molecule has 2 bridgehead atoms. The topological polar surface area (TPSA) is 133 Å². The molecule has 11 nitrogen and oxygen atoms in total. The van der Waals surface area contributed by atoms with Crippen molar-refractivity contribution in [2.75, 3.05) is 38.0 Å². The summed E-state index contributed by atoms with van der Waals surface area (Å²) in [6.07, 6.45) is 7.78. The molecule has 0 aliphatic carbocycles. The second-order valence-electron chi connectivity index (χ2n) is 13.3. The first kappa shape index (κ1) is 37.8. The Balaban J connectivity index is 1.68. The predicted molar refractivity (Wildman–Crippen MR) is 196 cm³/mol. The lowest BCUT2D eigenvalue weighted by molar-refractivity contribution is -0.141. The number of imidazole rings is 1. The van der Waals surface area contributed by atoms with Crippen LogP contribution in [0, 0.1) is 0 Å². The van der Waals surface area contributed by atoms with Gasteiger partial charge in [-0.15, -0.1) is 0 Å². The van der Waals surface area contributed by atoms with Gasteiger partial charge in [0.15, 0.2) is 0 Å². The smallest absolute Gasteiger partial charge is 0.411 e. The minimum Gasteiger partial charge on any atom is -0.469 e. The van der Waals surface area contributed by atoms with Gasteiger partial charge in [-0.2, -0.15) is 0 Å². The molecule has 0 spiro atoms. The molecule has 2 amide bonds. The Hall–Kier alpha value is -3.97. The molecule has 1 aromatic heterocycles. The third-order valence-corrected chi connectivity index (χ3v) is 10.2. The Kier molecular flexibility index (Phi) is 14.0. The van der Waals surface area contributed by atoms with Crippen LogP contribution in [0.5, 0.6) is 0 Å². The zero-order chi connectivity index (χ0) is 35.4. The van der Waals surface area contributed by atoms with E-state index in [1.54, 1.807) is 12.1 Å². The summed E-state index contributed by atoms with van der Waals surface area (Å²) < 4.78 is 18.0. The number of anilines is 2. The number of allylic oxidation sites excluding steroid dienone is 1. The fourth-order valence-corrected chi connectivity index (χ4v) is 6.48. The van der Waals surface area contributed by atoms with E-state index in [1.165, 1.54) is 14.2 Å². The number of esters is 1. The Morgan fingerprint density at radius 1 is 1.12 bits per heavy atom. The van der Waals surface area contributed by atoms with Crippen molar-refractivity contribution < 1.29 is 28.6 Å². The van der Waals surface area contributed by atoms with Gasteiger partial charge in [0.1, 0.15) is 12.6 Å². The van der Waals surface area contributed by atoms with Crippen molar-refractivity contribution in [2.45, 2.75) is 76.5 Å². The van der Waals surface area contributed by atoms with E-state index in [0.717, 1.165) is 17.4 Å². The molecule has 2 heterocycles. The second-order valence-corrected chi connectivity index (χ2v) is 19.4. The molecule has 0 fully saturated rings. The first-order valence-corrected chi connectivity index (χ1v) is 20.7. The van der Waals surface area contributed by atoms with Gasteiger partial charge in [-0.05, 0) is 73.7 Å². The maximum atomic E-state index is 13.0. The van der Waals surface area contributed by atoms with Crippen molar-refractivity contribution in [1.82, 2.24) is 14.9 Å². The zero-order valence-corrected chi connectivity index (χ0v) is 30.8. The van der Waals surface area contributed by atoms with E-state index in [0.29, 0.717) is 73.2 Å². The van der Waals surface area contributed by atoms with Gasteiger partial charge in [0.2, 0.25) is 5.91 Å². The van der Waals surface area contributed by atoms with Gasteiger partial charge < -0.3 is 29.4 Å². The molecule has 0 saturated carbocycles. The molecule has 1 unspecified atom stereocenters. The highest BCUT2D eigenvalue weighted by atomic mass is 35.5. The number of nitrogens with one attached hydrogen (secondary N) is 3. The lowest BCUT2D eigenvalue weighted by Gasteiger charge is -2.22. The van der Waals surface area contributed by atoms with Gasteiger partial charge in [0.05, 0.1) is 38.1 Å². The highest BCUT2D eigenvalue weighted by Gasteiger charge is 2.23. The normalized spacial score (nSPS) is 15.6. The lowest BCUT2D eigenvalue weighted by atomic mass is 9.92. The van der Waals surface area contributed by atoms with Crippen LogP contribution < -0.4 is 16.0 Å². The average molecular weight is 710 g/mol. The number of fused-ring (bicyclic) bond motifs is 4. The van der Waals surface area contributed by atoms with Gasteiger partial charge in [-0.3, -0.25) is 14.9 Å². The number of amides is 2. The molecule has 3 N–H and O–H groups in total. The number of carbonyl (C=O) groups excluding carboxylic acids is 3. The Bertz CT molecular complexity index is 1620. The number of carbonyl (C=O) groups is 3. The fraction of sp³-hybridized carbons (Fsp3) is 0.444. The molecule has 4 rings (SSSR count). The fourth-order valence-electron chi connectivity index (χ4n) is 5.52. The summed E-state index contributed by atoms with van der Waals surface area (Å²) in [5.41, 5.74) is 3.33. The SMILES string of the molecule is COC(=O)CC(CCN[C@H]1CC=CCCC(=O)Nc2cc(NC(=O)OC)ccc2-c2cn(COCC[Si](C)(C)C)c1n2)c1cccc(Cl)c1. The van der Waals surface area contributed by atoms with Crippen molar-refractivity contribution in [3.8, 4) is 11.3 Å². The molecule has 2 atom stereocenters. The van der Waals surface area contributed by atoms with Crippen molar-refractivity contribution in [3.05, 3.63) is 77.2 Å². The molecule has 1 aliphatic heterocycles. The van der Waals surface area contributed by atoms with Crippen LogP contribution in [0.2, 0.25) is 30.7 Å². The summed E-state index contributed by atoms with van der Waals surface area (Å²) in [4.78, 5) is 42.4. The molecule has 3 aromatic rings. The number of methoxy groups -OCH3 is 2. The van der Waals surface area contributed by atoms with Crippen molar-refractivity contribution in [2.24, 2.45) is 0 Å². The maximum Gasteiger partial charge on any atom is 0.411 e. The van der Waals surface area contributed by atoms with Gasteiger partial charge in [-0.1, -0.05) is 55.5 Å². The molecular weight excluding hydrogens is 662 g/mol. The van der Waals surface area contributed by atoms with Crippen LogP contribution in [-0.4, -0.2) is 63.0 Å². The molecular formula is C36H48ClN5O6Si. The number of benzene rings is 2. The van der Waals surface area contributed by atoms with Crippen LogP contribution in [0.3, 0.4) is 0 Å². The lowest BCUT2D eigenvalue weighted by Crippen LogP contribution is -2.27. The number of rotatable bonds is 13. The number of halogens is 1. The van der Waals surface area contributed by atoms with Crippen molar-refractivity contribution >= 4 is 49.0 Å². The second kappa shape index (κ2) is 18.1. The summed E-state index contributed by atoms with van der Waals surface area (Å²) in [5, 5.41) is 10.00. The average Bonchev–Trinajstić information content (AvgIpc) is 3.48. The third kappa shape index (κ3) is 11.8. The van der Waals surface area contributed by atoms with Crippen LogP contribution in [-0.2, 0) is 30.5 Å². The Labute approximate surface area is 294 Å². The van der Waals surface area contributed by atoms with E-state index in [-0.39, 0.29) is 30.3 Å². The van der Waals surface area contributed by atoms with E-state index in [9.17, 15) is 14.4 Å². The van der Waals surface area contributed by atoms with E-state index < -0.39 is 14.2 Å². The highest BCUT2D eigenvalue weighted by Crippen LogP contribution is 2.33. The molecule has 49 heavy (non-hydrogen) atoms. The molecule has 13 heteroatoms. The summed E-state index contributed by atoms with van der Waals surface area (Å²) in [6.45, 7) is 8.50. The predicted octanol–water partition coefficient (Wildman–Crippen LogP) is 7.74. The minimum atomic E-state index is -1.30. The summed E-state index contributed by atoms with van der Waals surface area (Å²) >= 11 is 6.31. The Morgan fingerprint density at radius 3 is 2.67 bits per heavy atom. The zero-order valence-electron chi connectivity index (χ0n) is 29.0. The quantitative estimate of drug-likeness (QED) is 0.0711. The van der Waals surface area contributed by atoms with E-state index >= 15 is 0 Å². The monoisotopic (exact) mass is 709 g/mol. The molecule has 264 valence electrons. The molecule has 1 aliphatic rings. The molecule has 0 saturated heterocycles. The van der Waals surface area contributed by atoms with E-state index in [2.05, 4.69) is 41.7 Å². The van der Waals surface area contributed by atoms with Crippen LogP contribution in [0.1, 0.15) is 55.5 Å². The first-order valence-electron chi connectivity index (χ1n) is 16.6. The van der Waals surface area contributed by atoms with Gasteiger partial charge in [0.25, 0.3) is 0 Å². The number of aromatic nitrogens is 2. The largest absolute Gasteiger partial charge is 0.469 e. The minimum absolute atomic E-state index is 0.0964. The third-order valence-electron chi connectivity index (χ3n) is 8.27. The highest BCUT2D eigenvalue weighted by molar-refractivity contribution is 6.76. The standard InChI is InChI=1S/C36H48ClN5O6Si/c1-46-34(44)21-26(25-10-9-11-27(37)20-25)16-17-38-30-12-7-6-8-13-33(43)40-31-22-28(39-36(45)47-2)14-15-29(31)32-23-42(35(30)41-32)24-48-18-19-49(3,4)5/h6-7,9-11,14-15,20,22-23,26,30,38H,8,12-13,16-19,21,24H2,1-5H3,(H,39,45)(H,40,43)/t26?,30-/m0/s1. The summed E-state index contributed by atoms with van der Waals surface area (Å²) in [6, 6.07) is 13.7. The van der Waals surface area contributed by atoms with Crippen LogP contribution in [0.25, 0.3) is 11.3 Å². The summed E-state index contributed by atoms with van der Waals surface area (Å²) in [7, 11) is 1.39. The number of nitrogens with zero attached hydrogens (tertiary/aromatic N) is 2. The van der Waals surface area contributed by atoms with Crippen molar-refractivity contribution in [3.63, 3.8) is 0 Å². The van der Waals surface area contributed by atoms with Gasteiger partial charge in [0, 0.05) is 43.6 Å². The number of hydrogen-bond donors (Lipinski definition) is 3. The molecule has 2 aromatic carbocycles. The van der Waals surface area contributed by atoms with Crippen molar-refractivity contribution in [1.29, 1.82) is 0 Å². The van der Waals surface area contributed by atoms with Gasteiger partial charge >= 0.3 is 12.1 Å². The number of ether oxygens (including phenoxy) is 3. The Morgan fingerprint density at radius 2 is 1.94 bits per heavy atom. The molecule has 0 radical (unpaired) electrons. The van der Waals surface area contributed by atoms with Crippen LogP contribution >= 0.6 is 11.6 Å². The van der Waals surface area contributed by atoms with E-state index in [4.69, 9.17) is 30.8 Å². The van der Waals surface area contributed by atoms with Crippen LogP contribution in [0.15, 0.2) is 60.8 Å². The van der Waals surface area contributed by atoms with Gasteiger partial charge in [-0.25, -0.2) is 9.78 Å².